The van der Waals surface area contributed by atoms with Crippen molar-refractivity contribution in [3.05, 3.63) is 0 Å². The summed E-state index contributed by atoms with van der Waals surface area (Å²) in [6.07, 6.45) is -0.463. The molecule has 0 saturated heterocycles. The molecule has 0 saturated carbocycles. The van der Waals surface area contributed by atoms with Crippen molar-refractivity contribution in [2.45, 2.75) is 13.0 Å². The van der Waals surface area contributed by atoms with Crippen LogP contribution in [0.15, 0.2) is 0 Å². The van der Waals surface area contributed by atoms with Gasteiger partial charge < -0.3 is 10.3 Å². The zero-order chi connectivity index (χ0) is 4.99. The van der Waals surface area contributed by atoms with E-state index < -0.39 is 6.10 Å². The summed E-state index contributed by atoms with van der Waals surface area (Å²) < 4.78 is 0. The summed E-state index contributed by atoms with van der Waals surface area (Å²) in [4.78, 5) is 0. The van der Waals surface area contributed by atoms with E-state index in [0.29, 0.717) is 0 Å². The van der Waals surface area contributed by atoms with Gasteiger partial charge in [0, 0.05) is 6.54 Å². The summed E-state index contributed by atoms with van der Waals surface area (Å²) in [7, 11) is 0. The molecule has 38 valence electrons. The van der Waals surface area contributed by atoms with E-state index in [0.717, 1.165) is 0 Å². The summed E-state index contributed by atoms with van der Waals surface area (Å²) in [5.41, 5.74) is 1.82. The Labute approximate surface area is 36.6 Å². The molecular weight excluding hydrogens is 82.0 g/mol. The van der Waals surface area contributed by atoms with Crippen molar-refractivity contribution in [1.82, 2.24) is 5.48 Å². The second kappa shape index (κ2) is 3.08. The monoisotopic (exact) mass is 91.1 g/mol. The lowest BCUT2D eigenvalue weighted by atomic mass is 10.4. The lowest BCUT2D eigenvalue weighted by Gasteiger charge is -1.96. The molecule has 0 heterocycles. The Morgan fingerprint density at radius 1 is 1.83 bits per heavy atom. The summed E-state index contributed by atoms with van der Waals surface area (Å²) in [5, 5.41) is 16.2. The molecule has 0 amide bonds. The lowest BCUT2D eigenvalue weighted by molar-refractivity contribution is 0.102. The van der Waals surface area contributed by atoms with Gasteiger partial charge in [-0.1, -0.05) is 0 Å². The molecule has 0 aliphatic carbocycles. The number of rotatable bonds is 2. The summed E-state index contributed by atoms with van der Waals surface area (Å²) in [6, 6.07) is 0. The second-order valence-electron chi connectivity index (χ2n) is 1.21. The van der Waals surface area contributed by atoms with Crippen LogP contribution in [-0.4, -0.2) is 23.0 Å². The van der Waals surface area contributed by atoms with Crippen LogP contribution in [0.1, 0.15) is 6.92 Å². The predicted molar refractivity (Wildman–Crippen MR) is 21.5 cm³/mol. The van der Waals surface area contributed by atoms with E-state index in [1.165, 1.54) is 0 Å². The Kier molecular flexibility index (Phi) is 3.02. The first-order valence-electron chi connectivity index (χ1n) is 1.82. The highest BCUT2D eigenvalue weighted by molar-refractivity contribution is 4.41. The third-order valence-electron chi connectivity index (χ3n) is 0.387. The molecule has 0 spiro atoms. The molecule has 0 rings (SSSR count). The topological polar surface area (TPSA) is 52.5 Å². The van der Waals surface area contributed by atoms with Crippen molar-refractivity contribution in [1.29, 1.82) is 0 Å². The third-order valence-corrected chi connectivity index (χ3v) is 0.387. The minimum Gasteiger partial charge on any atom is -0.392 e. The number of hydroxylamine groups is 1. The molecule has 0 fully saturated rings. The molecule has 3 heteroatoms. The first kappa shape index (κ1) is 5.88. The maximum Gasteiger partial charge on any atom is 0.0659 e. The normalized spacial score (nSPS) is 14.5. The molecule has 6 heavy (non-hydrogen) atoms. The predicted octanol–water partition coefficient (Wildman–Crippen LogP) is -0.654. The number of hydrogen-bond donors (Lipinski definition) is 3. The quantitative estimate of drug-likeness (QED) is 0.396. The SMILES string of the molecule is CC(O)CNO. The van der Waals surface area contributed by atoms with E-state index in [2.05, 4.69) is 0 Å². The summed E-state index contributed by atoms with van der Waals surface area (Å²) in [6.45, 7) is 1.82. The minimum absolute atomic E-state index is 0.236. The van der Waals surface area contributed by atoms with Gasteiger partial charge in [0.05, 0.1) is 6.10 Å². The van der Waals surface area contributed by atoms with Gasteiger partial charge in [-0.15, -0.1) is 0 Å². The molecule has 0 aromatic rings. The second-order valence-corrected chi connectivity index (χ2v) is 1.21. The van der Waals surface area contributed by atoms with Crippen molar-refractivity contribution in [2.24, 2.45) is 0 Å². The van der Waals surface area contributed by atoms with E-state index in [1.54, 1.807) is 6.92 Å². The fraction of sp³-hybridized carbons (Fsp3) is 1.00. The molecule has 0 aliphatic rings. The molecule has 3 nitrogen and oxygen atoms in total. The maximum atomic E-state index is 8.33. The van der Waals surface area contributed by atoms with Crippen LogP contribution in [0.3, 0.4) is 0 Å². The van der Waals surface area contributed by atoms with Gasteiger partial charge in [-0.05, 0) is 6.92 Å². The zero-order valence-corrected chi connectivity index (χ0v) is 3.68. The van der Waals surface area contributed by atoms with Crippen LogP contribution < -0.4 is 5.48 Å². The first-order chi connectivity index (χ1) is 2.77. The van der Waals surface area contributed by atoms with E-state index in [-0.39, 0.29) is 6.54 Å². The third kappa shape index (κ3) is 3.88. The fourth-order valence-corrected chi connectivity index (χ4v) is 0.132. The van der Waals surface area contributed by atoms with Crippen molar-refractivity contribution < 1.29 is 10.3 Å². The smallest absolute Gasteiger partial charge is 0.0659 e. The van der Waals surface area contributed by atoms with Crippen molar-refractivity contribution in [2.75, 3.05) is 6.54 Å². The maximum absolute atomic E-state index is 8.33. The van der Waals surface area contributed by atoms with Crippen LogP contribution in [-0.2, 0) is 0 Å². The molecule has 0 aliphatic heterocycles. The van der Waals surface area contributed by atoms with E-state index >= 15 is 0 Å². The van der Waals surface area contributed by atoms with Gasteiger partial charge in [0.1, 0.15) is 0 Å². The van der Waals surface area contributed by atoms with Gasteiger partial charge in [0.2, 0.25) is 0 Å². The Morgan fingerprint density at radius 2 is 2.33 bits per heavy atom. The lowest BCUT2D eigenvalue weighted by Crippen LogP contribution is -2.20. The van der Waals surface area contributed by atoms with Crippen LogP contribution in [0.25, 0.3) is 0 Å². The minimum atomic E-state index is -0.463. The van der Waals surface area contributed by atoms with Crippen molar-refractivity contribution >= 4 is 0 Å². The van der Waals surface area contributed by atoms with Gasteiger partial charge >= 0.3 is 0 Å². The number of aliphatic hydroxyl groups is 1. The Morgan fingerprint density at radius 3 is 2.33 bits per heavy atom. The van der Waals surface area contributed by atoms with Crippen LogP contribution in [0.2, 0.25) is 0 Å². The zero-order valence-electron chi connectivity index (χ0n) is 3.68. The molecule has 0 radical (unpaired) electrons. The van der Waals surface area contributed by atoms with Gasteiger partial charge in [0.15, 0.2) is 0 Å². The molecule has 1 atom stereocenters. The number of hydrogen-bond acceptors (Lipinski definition) is 3. The van der Waals surface area contributed by atoms with E-state index in [1.807, 2.05) is 5.48 Å². The molecule has 0 aromatic heterocycles. The number of aliphatic hydroxyl groups excluding tert-OH is 1. The highest BCUT2D eigenvalue weighted by atomic mass is 16.5. The molecule has 3 N–H and O–H groups in total. The van der Waals surface area contributed by atoms with Crippen LogP contribution in [0, 0.1) is 0 Å². The standard InChI is InChI=1S/C3H9NO2/c1-3(5)2-4-6/h3-6H,2H2,1H3. The van der Waals surface area contributed by atoms with Gasteiger partial charge in [-0.25, -0.2) is 5.48 Å². The largest absolute Gasteiger partial charge is 0.392 e. The molecule has 1 unspecified atom stereocenters. The fourth-order valence-electron chi connectivity index (χ4n) is 0.132. The van der Waals surface area contributed by atoms with Crippen LogP contribution in [0.4, 0.5) is 0 Å². The summed E-state index contributed by atoms with van der Waals surface area (Å²) in [5.74, 6) is 0. The van der Waals surface area contributed by atoms with Crippen molar-refractivity contribution in [3.63, 3.8) is 0 Å². The Balaban J connectivity index is 2.63. The van der Waals surface area contributed by atoms with Gasteiger partial charge in [0.25, 0.3) is 0 Å². The van der Waals surface area contributed by atoms with Crippen LogP contribution in [0.5, 0.6) is 0 Å². The molecular formula is C3H9NO2. The molecule has 0 aromatic carbocycles. The highest BCUT2D eigenvalue weighted by Crippen LogP contribution is 1.69. The number of nitrogens with one attached hydrogen (secondary N) is 1. The first-order valence-corrected chi connectivity index (χ1v) is 1.82. The Hall–Kier alpha value is -0.120. The molecule has 0 bridgehead atoms. The average molecular weight is 91.1 g/mol. The average Bonchev–Trinajstić information content (AvgIpc) is 1.35. The van der Waals surface area contributed by atoms with E-state index in [9.17, 15) is 0 Å². The van der Waals surface area contributed by atoms with Gasteiger partial charge in [-0.3, -0.25) is 0 Å². The highest BCUT2D eigenvalue weighted by Gasteiger charge is 1.87. The van der Waals surface area contributed by atoms with E-state index in [4.69, 9.17) is 10.3 Å². The van der Waals surface area contributed by atoms with Crippen LogP contribution >= 0.6 is 0 Å². The Bertz CT molecular complexity index is 30.0. The summed E-state index contributed by atoms with van der Waals surface area (Å²) >= 11 is 0. The van der Waals surface area contributed by atoms with Crippen molar-refractivity contribution in [3.8, 4) is 0 Å². The van der Waals surface area contributed by atoms with Gasteiger partial charge in [-0.2, -0.15) is 0 Å².